The molecule has 8 heteroatoms. The lowest BCUT2D eigenvalue weighted by Crippen LogP contribution is -2.36. The normalized spacial score (nSPS) is 16.6. The van der Waals surface area contributed by atoms with Gasteiger partial charge < -0.3 is 15.7 Å². The Morgan fingerprint density at radius 2 is 1.95 bits per heavy atom. The molecule has 106 valence electrons. The smallest absolute Gasteiger partial charge is 0.257 e. The van der Waals surface area contributed by atoms with Gasteiger partial charge in [-0.1, -0.05) is 0 Å². The maximum atomic E-state index is 9.17. The topological polar surface area (TPSA) is 106 Å². The molecule has 0 radical (unpaired) electrons. The van der Waals surface area contributed by atoms with Crippen molar-refractivity contribution in [3.05, 3.63) is 18.5 Å². The van der Waals surface area contributed by atoms with E-state index in [1.54, 1.807) is 23.1 Å². The highest BCUT2D eigenvalue weighted by Crippen LogP contribution is 2.21. The molecule has 0 saturated carbocycles. The third-order valence-corrected chi connectivity index (χ3v) is 3.49. The van der Waals surface area contributed by atoms with Crippen LogP contribution in [0.4, 0.5) is 11.9 Å². The number of aliphatic hydroxyl groups excluding tert-OH is 1. The van der Waals surface area contributed by atoms with Crippen LogP contribution in [0, 0.1) is 5.92 Å². The lowest BCUT2D eigenvalue weighted by Gasteiger charge is -2.31. The predicted octanol–water partition coefficient (Wildman–Crippen LogP) is -0.152. The average Bonchev–Trinajstić information content (AvgIpc) is 3.01. The van der Waals surface area contributed by atoms with Crippen molar-refractivity contribution >= 4 is 11.9 Å². The van der Waals surface area contributed by atoms with Crippen LogP contribution in [0.2, 0.25) is 0 Å². The summed E-state index contributed by atoms with van der Waals surface area (Å²) in [6.45, 7) is 1.87. The Labute approximate surface area is 116 Å². The number of rotatable bonds is 3. The summed E-state index contributed by atoms with van der Waals surface area (Å²) in [5.74, 6) is 1.54. The van der Waals surface area contributed by atoms with Crippen LogP contribution in [-0.4, -0.2) is 49.5 Å². The van der Waals surface area contributed by atoms with E-state index < -0.39 is 0 Å². The van der Waals surface area contributed by atoms with E-state index in [9.17, 15) is 0 Å². The molecule has 1 aliphatic rings. The molecule has 0 aliphatic carbocycles. The number of piperidine rings is 1. The van der Waals surface area contributed by atoms with Gasteiger partial charge in [-0.15, -0.1) is 0 Å². The van der Waals surface area contributed by atoms with Crippen LogP contribution in [0.25, 0.3) is 5.95 Å². The van der Waals surface area contributed by atoms with Crippen LogP contribution >= 0.6 is 0 Å². The van der Waals surface area contributed by atoms with Gasteiger partial charge in [0.1, 0.15) is 0 Å². The second-order valence-electron chi connectivity index (χ2n) is 4.86. The maximum Gasteiger partial charge on any atom is 0.257 e. The van der Waals surface area contributed by atoms with Crippen LogP contribution in [-0.2, 0) is 0 Å². The van der Waals surface area contributed by atoms with Gasteiger partial charge in [0.2, 0.25) is 11.9 Å². The fraction of sp³-hybridized carbons (Fsp3) is 0.500. The number of anilines is 2. The molecule has 20 heavy (non-hydrogen) atoms. The molecule has 1 saturated heterocycles. The number of nitrogens with two attached hydrogens (primary N) is 1. The number of aliphatic hydroxyl groups is 1. The van der Waals surface area contributed by atoms with E-state index in [1.165, 1.54) is 0 Å². The number of hydrogen-bond donors (Lipinski definition) is 2. The quantitative estimate of drug-likeness (QED) is 0.802. The summed E-state index contributed by atoms with van der Waals surface area (Å²) < 4.78 is 1.56. The van der Waals surface area contributed by atoms with Crippen molar-refractivity contribution in [3.8, 4) is 5.95 Å². The molecule has 0 aromatic carbocycles. The van der Waals surface area contributed by atoms with Gasteiger partial charge in [-0.25, -0.2) is 4.68 Å². The molecule has 0 bridgehead atoms. The Morgan fingerprint density at radius 1 is 1.20 bits per heavy atom. The minimum atomic E-state index is 0.185. The molecule has 0 amide bonds. The highest BCUT2D eigenvalue weighted by Gasteiger charge is 2.21. The first-order valence-electron chi connectivity index (χ1n) is 6.63. The molecule has 8 nitrogen and oxygen atoms in total. The van der Waals surface area contributed by atoms with E-state index in [4.69, 9.17) is 10.8 Å². The SMILES string of the molecule is Nc1nc(N2CCC(CO)CC2)nc(-n2cccn2)n1. The fourth-order valence-electron chi connectivity index (χ4n) is 2.32. The molecule has 0 unspecified atom stereocenters. The van der Waals surface area contributed by atoms with Gasteiger partial charge in [0.05, 0.1) is 0 Å². The molecular weight excluding hydrogens is 258 g/mol. The lowest BCUT2D eigenvalue weighted by atomic mass is 9.98. The van der Waals surface area contributed by atoms with Crippen LogP contribution in [0.1, 0.15) is 12.8 Å². The standard InChI is InChI=1S/C12H17N7O/c13-10-15-11(18-6-2-9(8-20)3-7-18)17-12(16-10)19-5-1-4-14-19/h1,4-5,9,20H,2-3,6-8H2,(H2,13,15,16,17). The Bertz CT molecular complexity index is 563. The first-order chi connectivity index (χ1) is 9.76. The summed E-state index contributed by atoms with van der Waals surface area (Å²) in [6.07, 6.45) is 5.28. The first kappa shape index (κ1) is 12.8. The fourth-order valence-corrected chi connectivity index (χ4v) is 2.32. The largest absolute Gasteiger partial charge is 0.396 e. The van der Waals surface area contributed by atoms with Crippen molar-refractivity contribution in [1.82, 2.24) is 24.7 Å². The van der Waals surface area contributed by atoms with E-state index in [0.29, 0.717) is 17.8 Å². The van der Waals surface area contributed by atoms with Gasteiger partial charge in [-0.3, -0.25) is 0 Å². The Balaban J connectivity index is 1.83. The molecule has 0 atom stereocenters. The second-order valence-corrected chi connectivity index (χ2v) is 4.86. The van der Waals surface area contributed by atoms with Crippen molar-refractivity contribution in [1.29, 1.82) is 0 Å². The van der Waals surface area contributed by atoms with E-state index in [2.05, 4.69) is 25.0 Å². The Kier molecular flexibility index (Phi) is 3.46. The van der Waals surface area contributed by atoms with Gasteiger partial charge in [0, 0.05) is 32.1 Å². The third-order valence-electron chi connectivity index (χ3n) is 3.49. The molecule has 3 N–H and O–H groups in total. The third kappa shape index (κ3) is 2.55. The van der Waals surface area contributed by atoms with Gasteiger partial charge in [-0.05, 0) is 24.8 Å². The van der Waals surface area contributed by atoms with E-state index in [1.807, 2.05) is 0 Å². The lowest BCUT2D eigenvalue weighted by molar-refractivity contribution is 0.202. The van der Waals surface area contributed by atoms with Crippen molar-refractivity contribution in [2.45, 2.75) is 12.8 Å². The molecule has 3 rings (SSSR count). The highest BCUT2D eigenvalue weighted by atomic mass is 16.3. The molecule has 3 heterocycles. The van der Waals surface area contributed by atoms with Gasteiger partial charge >= 0.3 is 0 Å². The number of hydrogen-bond acceptors (Lipinski definition) is 7. The zero-order valence-corrected chi connectivity index (χ0v) is 11.1. The summed E-state index contributed by atoms with van der Waals surface area (Å²) in [5.41, 5.74) is 5.76. The maximum absolute atomic E-state index is 9.17. The van der Waals surface area contributed by atoms with Crippen molar-refractivity contribution in [2.24, 2.45) is 5.92 Å². The zero-order chi connectivity index (χ0) is 13.9. The van der Waals surface area contributed by atoms with Crippen LogP contribution in [0.5, 0.6) is 0 Å². The molecule has 1 fully saturated rings. The van der Waals surface area contributed by atoms with Crippen molar-refractivity contribution in [2.75, 3.05) is 30.3 Å². The summed E-state index contributed by atoms with van der Waals surface area (Å²) in [4.78, 5) is 14.8. The van der Waals surface area contributed by atoms with Crippen LogP contribution in [0.15, 0.2) is 18.5 Å². The second kappa shape index (κ2) is 5.41. The van der Waals surface area contributed by atoms with E-state index >= 15 is 0 Å². The van der Waals surface area contributed by atoms with Gasteiger partial charge in [-0.2, -0.15) is 20.1 Å². The summed E-state index contributed by atoms with van der Waals surface area (Å²) in [5, 5.41) is 13.3. The predicted molar refractivity (Wildman–Crippen MR) is 73.4 cm³/mol. The summed E-state index contributed by atoms with van der Waals surface area (Å²) in [7, 11) is 0. The summed E-state index contributed by atoms with van der Waals surface area (Å²) >= 11 is 0. The van der Waals surface area contributed by atoms with Gasteiger partial charge in [0.15, 0.2) is 0 Å². The minimum Gasteiger partial charge on any atom is -0.396 e. The highest BCUT2D eigenvalue weighted by molar-refractivity contribution is 5.38. The zero-order valence-electron chi connectivity index (χ0n) is 11.1. The first-order valence-corrected chi connectivity index (χ1v) is 6.63. The average molecular weight is 275 g/mol. The minimum absolute atomic E-state index is 0.185. The van der Waals surface area contributed by atoms with Gasteiger partial charge in [0.25, 0.3) is 5.95 Å². The Morgan fingerprint density at radius 3 is 2.60 bits per heavy atom. The van der Waals surface area contributed by atoms with Crippen molar-refractivity contribution < 1.29 is 5.11 Å². The Hall–Kier alpha value is -2.22. The molecule has 2 aromatic rings. The number of aromatic nitrogens is 5. The monoisotopic (exact) mass is 275 g/mol. The number of nitrogen functional groups attached to an aromatic ring is 1. The van der Waals surface area contributed by atoms with Crippen molar-refractivity contribution in [3.63, 3.8) is 0 Å². The van der Waals surface area contributed by atoms with Crippen LogP contribution < -0.4 is 10.6 Å². The molecule has 1 aliphatic heterocycles. The van der Waals surface area contributed by atoms with E-state index in [0.717, 1.165) is 25.9 Å². The molecule has 0 spiro atoms. The molecule has 2 aromatic heterocycles. The molecular formula is C12H17N7O. The van der Waals surface area contributed by atoms with Crippen LogP contribution in [0.3, 0.4) is 0 Å². The summed E-state index contributed by atoms with van der Waals surface area (Å²) in [6, 6.07) is 1.80. The van der Waals surface area contributed by atoms with E-state index in [-0.39, 0.29) is 12.6 Å². The number of nitrogens with zero attached hydrogens (tertiary/aromatic N) is 6.